The van der Waals surface area contributed by atoms with Crippen LogP contribution in [0.3, 0.4) is 0 Å². The monoisotopic (exact) mass is 726 g/mol. The molecule has 0 bridgehead atoms. The van der Waals surface area contributed by atoms with E-state index < -0.39 is 0 Å². The number of rotatable bonds is 5. The van der Waals surface area contributed by atoms with Crippen molar-refractivity contribution in [3.8, 4) is 16.8 Å². The van der Waals surface area contributed by atoms with Gasteiger partial charge in [0.05, 0.1) is 16.7 Å². The van der Waals surface area contributed by atoms with Crippen LogP contribution in [0.15, 0.2) is 211 Å². The summed E-state index contributed by atoms with van der Waals surface area (Å²) in [5.74, 6) is 0. The van der Waals surface area contributed by atoms with E-state index in [2.05, 4.69) is 216 Å². The molecule has 10 aromatic carbocycles. The van der Waals surface area contributed by atoms with Crippen LogP contribution in [0.2, 0.25) is 0 Å². The standard InChI is InChI=1S/C54H34N2O/c1-3-16-39(17-4-1)55(41-30-28-36-27-26-35-14-7-9-20-42(35)47(36)34-41)50-33-37-15-8-10-21-44(37)53-52-43(23-13-25-51(52)57-54(50)53)38-29-31-46-45-22-11-12-24-48(45)56(49(46)32-38)40-18-5-2-6-19-40/h1-34H. The largest absolute Gasteiger partial charge is 0.454 e. The number of anilines is 3. The second-order valence-corrected chi connectivity index (χ2v) is 14.9. The van der Waals surface area contributed by atoms with Crippen molar-refractivity contribution in [3.05, 3.63) is 206 Å². The molecule has 12 rings (SSSR count). The summed E-state index contributed by atoms with van der Waals surface area (Å²) in [7, 11) is 0. The predicted molar refractivity (Wildman–Crippen MR) is 241 cm³/mol. The van der Waals surface area contributed by atoms with Gasteiger partial charge < -0.3 is 13.9 Å². The van der Waals surface area contributed by atoms with Crippen LogP contribution in [0.5, 0.6) is 0 Å². The maximum Gasteiger partial charge on any atom is 0.160 e. The molecule has 0 fully saturated rings. The highest BCUT2D eigenvalue weighted by Gasteiger charge is 2.24. The van der Waals surface area contributed by atoms with E-state index in [9.17, 15) is 0 Å². The minimum Gasteiger partial charge on any atom is -0.454 e. The molecule has 0 aliphatic carbocycles. The highest BCUT2D eigenvalue weighted by molar-refractivity contribution is 6.26. The molecular weight excluding hydrogens is 693 g/mol. The van der Waals surface area contributed by atoms with E-state index in [0.29, 0.717) is 0 Å². The van der Waals surface area contributed by atoms with E-state index in [1.165, 1.54) is 48.7 Å². The predicted octanol–water partition coefficient (Wildman–Crippen LogP) is 15.3. The van der Waals surface area contributed by atoms with Crippen LogP contribution in [0.25, 0.3) is 92.9 Å². The Morgan fingerprint density at radius 1 is 0.386 bits per heavy atom. The third kappa shape index (κ3) is 4.86. The Morgan fingerprint density at radius 2 is 1.05 bits per heavy atom. The number of furan rings is 1. The lowest BCUT2D eigenvalue weighted by Gasteiger charge is -2.26. The lowest BCUT2D eigenvalue weighted by molar-refractivity contribution is 0.669. The second kappa shape index (κ2) is 12.5. The van der Waals surface area contributed by atoms with Crippen molar-refractivity contribution in [3.63, 3.8) is 0 Å². The maximum atomic E-state index is 7.12. The number of aromatic nitrogens is 1. The van der Waals surface area contributed by atoms with Gasteiger partial charge in [0.1, 0.15) is 5.58 Å². The number of benzene rings is 10. The summed E-state index contributed by atoms with van der Waals surface area (Å²) in [5, 5.41) is 11.9. The maximum absolute atomic E-state index is 7.12. The number of fused-ring (bicyclic) bond motifs is 11. The summed E-state index contributed by atoms with van der Waals surface area (Å²) < 4.78 is 9.51. The van der Waals surface area contributed by atoms with E-state index in [-0.39, 0.29) is 0 Å². The molecule has 0 unspecified atom stereocenters. The van der Waals surface area contributed by atoms with Crippen molar-refractivity contribution < 1.29 is 4.42 Å². The minimum atomic E-state index is 0.859. The molecule has 3 nitrogen and oxygen atoms in total. The minimum absolute atomic E-state index is 0.859. The molecule has 266 valence electrons. The first-order valence-corrected chi connectivity index (χ1v) is 19.5. The smallest absolute Gasteiger partial charge is 0.160 e. The Bertz CT molecular complexity index is 3520. The van der Waals surface area contributed by atoms with Gasteiger partial charge in [0.2, 0.25) is 0 Å². The van der Waals surface area contributed by atoms with Crippen LogP contribution in [0, 0.1) is 0 Å². The first-order valence-electron chi connectivity index (χ1n) is 19.5. The summed E-state index contributed by atoms with van der Waals surface area (Å²) in [5.41, 5.74) is 10.7. The van der Waals surface area contributed by atoms with Crippen LogP contribution in [0.4, 0.5) is 17.1 Å². The number of para-hydroxylation sites is 3. The SMILES string of the molecule is c1ccc(N(c2ccc3ccc4ccccc4c3c2)c2cc3ccccc3c3c2oc2cccc(-c4ccc5c6ccccc6n(-c6ccccc6)c5c4)c23)cc1. The van der Waals surface area contributed by atoms with Gasteiger partial charge in [0.25, 0.3) is 0 Å². The van der Waals surface area contributed by atoms with E-state index in [1.807, 2.05) is 0 Å². The van der Waals surface area contributed by atoms with Crippen molar-refractivity contribution in [2.24, 2.45) is 0 Å². The fourth-order valence-corrected chi connectivity index (χ4v) is 9.18. The highest BCUT2D eigenvalue weighted by Crippen LogP contribution is 2.48. The molecule has 0 spiro atoms. The third-order valence-electron chi connectivity index (χ3n) is 11.7. The van der Waals surface area contributed by atoms with Gasteiger partial charge in [-0.1, -0.05) is 146 Å². The average molecular weight is 727 g/mol. The van der Waals surface area contributed by atoms with Gasteiger partial charge in [-0.05, 0) is 104 Å². The van der Waals surface area contributed by atoms with Gasteiger partial charge in [-0.2, -0.15) is 0 Å². The van der Waals surface area contributed by atoms with Gasteiger partial charge in [0.15, 0.2) is 5.58 Å². The first-order chi connectivity index (χ1) is 28.3. The van der Waals surface area contributed by atoms with Crippen LogP contribution in [-0.4, -0.2) is 4.57 Å². The Hall–Kier alpha value is -7.62. The Kier molecular flexibility index (Phi) is 6.93. The first kappa shape index (κ1) is 31.7. The summed E-state index contributed by atoms with van der Waals surface area (Å²) in [4.78, 5) is 2.36. The molecule has 57 heavy (non-hydrogen) atoms. The van der Waals surface area contributed by atoms with Gasteiger partial charge >= 0.3 is 0 Å². The molecular formula is C54H34N2O. The van der Waals surface area contributed by atoms with Crippen molar-refractivity contribution in [1.29, 1.82) is 0 Å². The zero-order valence-corrected chi connectivity index (χ0v) is 30.9. The van der Waals surface area contributed by atoms with E-state index in [4.69, 9.17) is 4.42 Å². The molecule has 0 saturated carbocycles. The Labute approximate surface area is 328 Å². The lowest BCUT2D eigenvalue weighted by atomic mass is 9.95. The van der Waals surface area contributed by atoms with Gasteiger partial charge in [-0.15, -0.1) is 0 Å². The number of hydrogen-bond acceptors (Lipinski definition) is 2. The van der Waals surface area contributed by atoms with Gasteiger partial charge in [-0.3, -0.25) is 0 Å². The summed E-state index contributed by atoms with van der Waals surface area (Å²) >= 11 is 0. The van der Waals surface area contributed by atoms with Gasteiger partial charge in [0, 0.05) is 38.6 Å². The zero-order valence-electron chi connectivity index (χ0n) is 30.9. The molecule has 0 aliphatic heterocycles. The molecule has 0 amide bonds. The van der Waals surface area contributed by atoms with Crippen molar-refractivity contribution in [1.82, 2.24) is 4.57 Å². The fourth-order valence-electron chi connectivity index (χ4n) is 9.18. The summed E-state index contributed by atoms with van der Waals surface area (Å²) in [6.45, 7) is 0. The van der Waals surface area contributed by atoms with Crippen LogP contribution in [0.1, 0.15) is 0 Å². The van der Waals surface area contributed by atoms with Crippen LogP contribution >= 0.6 is 0 Å². The lowest BCUT2D eigenvalue weighted by Crippen LogP contribution is -2.10. The average Bonchev–Trinajstić information content (AvgIpc) is 3.84. The summed E-state index contributed by atoms with van der Waals surface area (Å²) in [6, 6.07) is 74.4. The molecule has 2 heterocycles. The molecule has 0 aliphatic rings. The third-order valence-corrected chi connectivity index (χ3v) is 11.7. The van der Waals surface area contributed by atoms with Gasteiger partial charge in [-0.25, -0.2) is 0 Å². The summed E-state index contributed by atoms with van der Waals surface area (Å²) in [6.07, 6.45) is 0. The van der Waals surface area contributed by atoms with Crippen molar-refractivity contribution in [2.45, 2.75) is 0 Å². The number of nitrogens with zero attached hydrogens (tertiary/aromatic N) is 2. The second-order valence-electron chi connectivity index (χ2n) is 14.9. The highest BCUT2D eigenvalue weighted by atomic mass is 16.3. The molecule has 0 N–H and O–H groups in total. The van der Waals surface area contributed by atoms with Crippen LogP contribution in [-0.2, 0) is 0 Å². The van der Waals surface area contributed by atoms with Crippen molar-refractivity contribution in [2.75, 3.05) is 4.90 Å². The van der Waals surface area contributed by atoms with E-state index in [0.717, 1.165) is 61.2 Å². The normalized spacial score (nSPS) is 11.9. The van der Waals surface area contributed by atoms with Crippen LogP contribution < -0.4 is 4.90 Å². The molecule has 0 atom stereocenters. The number of hydrogen-bond donors (Lipinski definition) is 0. The molecule has 3 heteroatoms. The molecule has 0 saturated heterocycles. The molecule has 0 radical (unpaired) electrons. The Morgan fingerprint density at radius 3 is 1.89 bits per heavy atom. The quantitative estimate of drug-likeness (QED) is 0.165. The Balaban J connectivity index is 1.15. The molecule has 2 aromatic heterocycles. The topological polar surface area (TPSA) is 21.3 Å². The van der Waals surface area contributed by atoms with E-state index >= 15 is 0 Å². The van der Waals surface area contributed by atoms with E-state index in [1.54, 1.807) is 0 Å². The van der Waals surface area contributed by atoms with Crippen molar-refractivity contribution >= 4 is 93.1 Å². The zero-order chi connectivity index (χ0) is 37.5. The molecule has 12 aromatic rings. The fraction of sp³-hybridized carbons (Fsp3) is 0.